The summed E-state index contributed by atoms with van der Waals surface area (Å²) in [4.78, 5) is 4.84. The Hall–Kier alpha value is -0.575. The third-order valence-electron chi connectivity index (χ3n) is 3.09. The van der Waals surface area contributed by atoms with E-state index in [9.17, 15) is 0 Å². The van der Waals surface area contributed by atoms with Crippen molar-refractivity contribution >= 4 is 8.07 Å². The van der Waals surface area contributed by atoms with Crippen molar-refractivity contribution in [1.29, 1.82) is 0 Å². The van der Waals surface area contributed by atoms with E-state index in [0.29, 0.717) is 0 Å². The molecule has 0 unspecified atom stereocenters. The van der Waals surface area contributed by atoms with Crippen LogP contribution in [0, 0.1) is 0 Å². The summed E-state index contributed by atoms with van der Waals surface area (Å²) in [5.74, 6) is 0. The number of benzene rings is 1. The van der Waals surface area contributed by atoms with E-state index < -0.39 is 16.8 Å². The molecule has 24 heavy (non-hydrogen) atoms. The van der Waals surface area contributed by atoms with Crippen LogP contribution < -0.4 is 8.07 Å². The molecule has 1 aromatic rings. The van der Waals surface area contributed by atoms with Gasteiger partial charge in [-0.3, -0.25) is 0 Å². The Balaban J connectivity index is 3.03. The molecule has 0 aliphatic heterocycles. The molecule has 1 rings (SSSR count). The fourth-order valence-electron chi connectivity index (χ4n) is 2.12. The number of hydrogen-bond donors (Lipinski definition) is 0. The van der Waals surface area contributed by atoms with E-state index in [1.54, 1.807) is 0 Å². The Morgan fingerprint density at radius 2 is 1.21 bits per heavy atom. The van der Waals surface area contributed by atoms with Crippen LogP contribution in [0.5, 0.6) is 0 Å². The van der Waals surface area contributed by atoms with Crippen LogP contribution in [0.4, 0.5) is 0 Å². The quantitative estimate of drug-likeness (QED) is 0.298. The van der Waals surface area contributed by atoms with Crippen LogP contribution in [0.25, 0.3) is 0 Å². The van der Waals surface area contributed by atoms with Gasteiger partial charge in [0.1, 0.15) is 0 Å². The van der Waals surface area contributed by atoms with Gasteiger partial charge in [0.05, 0.1) is 0 Å². The van der Waals surface area contributed by atoms with E-state index in [1.807, 2.05) is 24.3 Å². The van der Waals surface area contributed by atoms with Gasteiger partial charge in [0.2, 0.25) is 0 Å². The van der Waals surface area contributed by atoms with E-state index in [-0.39, 0.29) is 0 Å². The molecule has 4 heteroatoms. The van der Waals surface area contributed by atoms with Crippen molar-refractivity contribution in [2.24, 2.45) is 0 Å². The standard InChI is InChI=1S/2C7H12N.C6H4.2Pd/c2*1-4-6-8(3)7-5-2;1-2-4-6-5-3-1;;/h2*4-5H,1-3,6-7H2;1-4H;;/q;;;-1;+1. The molecular formula is C20H28N2Pd2. The monoisotopic (exact) mass is 508 g/mol. The molecule has 0 saturated carbocycles. The second kappa shape index (κ2) is 12.7. The molecule has 0 heterocycles. The van der Waals surface area contributed by atoms with E-state index in [4.69, 9.17) is 0 Å². The number of rotatable bonds is 13. The molecule has 1 aromatic carbocycles. The van der Waals surface area contributed by atoms with Gasteiger partial charge in [-0.2, -0.15) is 0 Å². The van der Waals surface area contributed by atoms with E-state index >= 15 is 0 Å². The van der Waals surface area contributed by atoms with Crippen molar-refractivity contribution in [3.05, 3.63) is 74.9 Å². The van der Waals surface area contributed by atoms with Crippen molar-refractivity contribution < 1.29 is 36.0 Å². The van der Waals surface area contributed by atoms with E-state index in [2.05, 4.69) is 79.6 Å². The molecule has 0 radical (unpaired) electrons. The summed E-state index contributed by atoms with van der Waals surface area (Å²) in [5, 5.41) is 2.15. The maximum absolute atomic E-state index is 3.89. The van der Waals surface area contributed by atoms with Crippen molar-refractivity contribution in [3.63, 3.8) is 0 Å². The van der Waals surface area contributed by atoms with Gasteiger partial charge in [0, 0.05) is 0 Å². The molecule has 0 N–H and O–H groups in total. The summed E-state index contributed by atoms with van der Waals surface area (Å²) in [5.41, 5.74) is 0. The van der Waals surface area contributed by atoms with Crippen LogP contribution in [-0.2, 0) is 36.0 Å². The van der Waals surface area contributed by atoms with Gasteiger partial charge in [-0.25, -0.2) is 0 Å². The summed E-state index contributed by atoms with van der Waals surface area (Å²) in [7, 11) is 0. The first-order valence-electron chi connectivity index (χ1n) is 7.75. The van der Waals surface area contributed by atoms with Gasteiger partial charge >= 0.3 is 165 Å². The van der Waals surface area contributed by atoms with Crippen LogP contribution in [0.2, 0.25) is 0 Å². The molecule has 0 aliphatic rings. The zero-order valence-corrected chi connectivity index (χ0v) is 17.3. The van der Waals surface area contributed by atoms with Crippen molar-refractivity contribution in [2.75, 3.05) is 36.2 Å². The Bertz CT molecular complexity index is 496. The molecule has 0 amide bonds. The van der Waals surface area contributed by atoms with Crippen molar-refractivity contribution in [2.45, 2.75) is 0 Å². The molecule has 0 fully saturated rings. The number of hydrogen-bond acceptors (Lipinski definition) is 2. The summed E-state index contributed by atoms with van der Waals surface area (Å²) in [6, 6.07) is 8.64. The Labute approximate surface area is 164 Å². The first-order chi connectivity index (χ1) is 11.7. The molecule has 0 aromatic heterocycles. The van der Waals surface area contributed by atoms with Gasteiger partial charge in [0.15, 0.2) is 0 Å². The van der Waals surface area contributed by atoms with Gasteiger partial charge in [-0.05, 0) is 0 Å². The molecule has 0 atom stereocenters. The number of nitrogens with zero attached hydrogens (tertiary/aromatic N) is 2. The average molecular weight is 509 g/mol. The van der Waals surface area contributed by atoms with E-state index in [1.165, 1.54) is 8.07 Å². The molecule has 0 bridgehead atoms. The zero-order chi connectivity index (χ0) is 17.8. The van der Waals surface area contributed by atoms with Gasteiger partial charge in [-0.1, -0.05) is 0 Å². The summed E-state index contributed by atoms with van der Waals surface area (Å²) >= 11 is 2.45. The normalized spacial score (nSPS) is 11.4. The molecule has 138 valence electrons. The zero-order valence-electron chi connectivity index (χ0n) is 14.2. The third kappa shape index (κ3) is 7.54. The van der Waals surface area contributed by atoms with Crippen molar-refractivity contribution in [1.82, 2.24) is 9.80 Å². The predicted molar refractivity (Wildman–Crippen MR) is 99.4 cm³/mol. The second-order valence-corrected chi connectivity index (χ2v) is 9.69. The molecule has 0 saturated heterocycles. The van der Waals surface area contributed by atoms with Gasteiger partial charge < -0.3 is 0 Å². The third-order valence-corrected chi connectivity index (χ3v) is 8.67. The van der Waals surface area contributed by atoms with Crippen molar-refractivity contribution in [3.8, 4) is 0 Å². The average Bonchev–Trinajstić information content (AvgIpc) is 2.55. The van der Waals surface area contributed by atoms with Crippen LogP contribution in [0.3, 0.4) is 0 Å². The summed E-state index contributed by atoms with van der Waals surface area (Å²) in [6.07, 6.45) is 7.89. The van der Waals surface area contributed by atoms with Gasteiger partial charge in [-0.15, -0.1) is 0 Å². The van der Waals surface area contributed by atoms with Crippen LogP contribution in [0.15, 0.2) is 74.9 Å². The minimum absolute atomic E-state index is 0.889. The molecular weight excluding hydrogens is 481 g/mol. The summed E-state index contributed by atoms with van der Waals surface area (Å²) in [6.45, 7) is 19.1. The maximum atomic E-state index is 3.89. The SMILES string of the molecule is C=CCN(CC=C)[CH2][Pd-]([CH2]N(CC=C)CC=C)[c]1cccc[c]1[Pd+]. The van der Waals surface area contributed by atoms with Gasteiger partial charge in [0.25, 0.3) is 0 Å². The summed E-state index contributed by atoms with van der Waals surface area (Å²) < 4.78 is 2.71. The topological polar surface area (TPSA) is 6.48 Å². The first-order valence-corrected chi connectivity index (χ1v) is 11.5. The Kier molecular flexibility index (Phi) is 11.4. The fraction of sp³-hybridized carbons (Fsp3) is 0.300. The predicted octanol–water partition coefficient (Wildman–Crippen LogP) is 2.37. The van der Waals surface area contributed by atoms with E-state index in [0.717, 1.165) is 36.2 Å². The second-order valence-electron chi connectivity index (χ2n) is 5.16. The van der Waals surface area contributed by atoms with Crippen LogP contribution in [0.1, 0.15) is 0 Å². The minimum atomic E-state index is -0.989. The molecule has 0 aliphatic carbocycles. The fourth-order valence-corrected chi connectivity index (χ4v) is 7.73. The van der Waals surface area contributed by atoms with Crippen LogP contribution in [-0.4, -0.2) is 46.0 Å². The molecule has 2 nitrogen and oxygen atoms in total. The van der Waals surface area contributed by atoms with Crippen LogP contribution >= 0.6 is 0 Å². The molecule has 0 spiro atoms. The Morgan fingerprint density at radius 1 is 0.792 bits per heavy atom. The first kappa shape index (κ1) is 21.5. The Morgan fingerprint density at radius 3 is 1.58 bits per heavy atom.